The molecule has 5 atom stereocenters. The van der Waals surface area contributed by atoms with Gasteiger partial charge in [0.25, 0.3) is 0 Å². The lowest BCUT2D eigenvalue weighted by molar-refractivity contribution is -0.219. The standard InChI is InChI=1S/C28H35N4O13P/c1-4-13-40-28(37)29-20(26(35)39-3)17-42-46(38,45-41-14-5-2)43-18-22-21(33)16-25(44-22)32-12-11-23(31-27(32)36)30-24(34)15-19-9-7-6-8-10-19/h4-12,20-22,25,33H,1-2,13-18H2,3H3,(H,29,37)(H,30,31,34,36)/t20-,21-,22+,25+,46?/m0/s1. The van der Waals surface area contributed by atoms with E-state index in [1.54, 1.807) is 24.3 Å². The maximum atomic E-state index is 13.3. The maximum absolute atomic E-state index is 13.3. The van der Waals surface area contributed by atoms with E-state index in [0.29, 0.717) is 0 Å². The van der Waals surface area contributed by atoms with Crippen LogP contribution in [0.5, 0.6) is 0 Å². The quantitative estimate of drug-likeness (QED) is 0.0517. The van der Waals surface area contributed by atoms with Gasteiger partial charge in [-0.2, -0.15) is 4.98 Å². The van der Waals surface area contributed by atoms with Crippen LogP contribution in [0.4, 0.5) is 10.6 Å². The summed E-state index contributed by atoms with van der Waals surface area (Å²) in [5, 5.41) is 15.3. The summed E-state index contributed by atoms with van der Waals surface area (Å²) in [6.45, 7) is 5.11. The van der Waals surface area contributed by atoms with Gasteiger partial charge in [0.05, 0.1) is 32.8 Å². The average Bonchev–Trinajstić information content (AvgIpc) is 3.41. The lowest BCUT2D eigenvalue weighted by Gasteiger charge is -2.22. The molecule has 0 saturated carbocycles. The van der Waals surface area contributed by atoms with Gasteiger partial charge in [0, 0.05) is 12.6 Å². The zero-order valence-corrected chi connectivity index (χ0v) is 25.7. The number of nitrogens with one attached hydrogen (secondary N) is 2. The lowest BCUT2D eigenvalue weighted by atomic mass is 10.1. The minimum atomic E-state index is -4.64. The smallest absolute Gasteiger partial charge is 0.467 e. The molecule has 1 aliphatic heterocycles. The van der Waals surface area contributed by atoms with Gasteiger partial charge in [-0.05, 0) is 11.6 Å². The summed E-state index contributed by atoms with van der Waals surface area (Å²) in [5.74, 6) is -1.30. The minimum absolute atomic E-state index is 0.0316. The largest absolute Gasteiger partial charge is 0.502 e. The van der Waals surface area contributed by atoms with E-state index in [2.05, 4.69) is 33.5 Å². The Morgan fingerprint density at radius 3 is 2.59 bits per heavy atom. The van der Waals surface area contributed by atoms with Crippen LogP contribution in [-0.4, -0.2) is 84.4 Å². The van der Waals surface area contributed by atoms with Crippen LogP contribution in [0.3, 0.4) is 0 Å². The lowest BCUT2D eigenvalue weighted by Crippen LogP contribution is -2.44. The van der Waals surface area contributed by atoms with E-state index < -0.39 is 63.3 Å². The Morgan fingerprint density at radius 1 is 1.17 bits per heavy atom. The SMILES string of the molecule is C=CCOOP(=O)(OC[C@H](NC(=O)OCC=C)C(=O)OC)OC[C@H]1O[C@@H](n2ccc(NC(=O)Cc3ccccc3)nc2=O)C[C@@H]1O. The summed E-state index contributed by atoms with van der Waals surface area (Å²) in [5.41, 5.74) is 0.0193. The zero-order chi connectivity index (χ0) is 33.5. The third kappa shape index (κ3) is 11.3. The number of esters is 1. The molecule has 1 unspecified atom stereocenters. The topological polar surface area (TPSA) is 212 Å². The average molecular weight is 667 g/mol. The fourth-order valence-corrected chi connectivity index (χ4v) is 4.90. The normalized spacial score (nSPS) is 19.3. The zero-order valence-electron chi connectivity index (χ0n) is 24.9. The van der Waals surface area contributed by atoms with Crippen molar-refractivity contribution >= 4 is 31.6 Å². The van der Waals surface area contributed by atoms with Crippen molar-refractivity contribution in [3.05, 3.63) is 84.0 Å². The number of ether oxygens (including phenoxy) is 3. The van der Waals surface area contributed by atoms with E-state index >= 15 is 0 Å². The molecule has 0 spiro atoms. The molecule has 1 aromatic heterocycles. The number of carbonyl (C=O) groups is 3. The van der Waals surface area contributed by atoms with Gasteiger partial charge in [0.2, 0.25) is 5.91 Å². The molecule has 17 nitrogen and oxygen atoms in total. The summed E-state index contributed by atoms with van der Waals surface area (Å²) in [7, 11) is -3.59. The summed E-state index contributed by atoms with van der Waals surface area (Å²) in [6.07, 6.45) is -0.411. The number of nitrogens with zero attached hydrogens (tertiary/aromatic N) is 2. The summed E-state index contributed by atoms with van der Waals surface area (Å²) in [6, 6.07) is 8.92. The first-order valence-corrected chi connectivity index (χ1v) is 15.2. The molecular formula is C28H35N4O13P. The number of carbonyl (C=O) groups excluding carboxylic acids is 3. The Bertz CT molecular complexity index is 1450. The Labute approximate surface area is 263 Å². The molecular weight excluding hydrogens is 631 g/mol. The maximum Gasteiger partial charge on any atom is 0.502 e. The summed E-state index contributed by atoms with van der Waals surface area (Å²) in [4.78, 5) is 57.7. The van der Waals surface area contributed by atoms with E-state index in [1.807, 2.05) is 6.07 Å². The van der Waals surface area contributed by atoms with Crippen LogP contribution in [0.1, 0.15) is 18.2 Å². The van der Waals surface area contributed by atoms with Gasteiger partial charge in [-0.15, -0.1) is 11.3 Å². The van der Waals surface area contributed by atoms with Crippen molar-refractivity contribution in [2.24, 2.45) is 0 Å². The number of amides is 2. The van der Waals surface area contributed by atoms with Crippen LogP contribution in [0.15, 0.2) is 72.7 Å². The Hall–Kier alpha value is -4.22. The first-order valence-electron chi connectivity index (χ1n) is 13.8. The van der Waals surface area contributed by atoms with Gasteiger partial charge in [0.15, 0.2) is 6.04 Å². The number of benzene rings is 1. The molecule has 3 rings (SSSR count). The second-order valence-electron chi connectivity index (χ2n) is 9.44. The predicted octanol–water partition coefficient (Wildman–Crippen LogP) is 1.80. The molecule has 2 heterocycles. The molecule has 1 aromatic carbocycles. The van der Waals surface area contributed by atoms with Crippen molar-refractivity contribution in [2.45, 2.75) is 37.3 Å². The molecule has 250 valence electrons. The van der Waals surface area contributed by atoms with Gasteiger partial charge < -0.3 is 30.0 Å². The number of hydrogen-bond acceptors (Lipinski definition) is 14. The first-order chi connectivity index (χ1) is 22.1. The van der Waals surface area contributed by atoms with E-state index in [0.717, 1.165) is 17.2 Å². The van der Waals surface area contributed by atoms with Gasteiger partial charge in [-0.25, -0.2) is 23.8 Å². The summed E-state index contributed by atoms with van der Waals surface area (Å²) >= 11 is 0. The molecule has 3 N–H and O–H groups in total. The molecule has 2 aromatic rings. The van der Waals surface area contributed by atoms with Crippen molar-refractivity contribution < 1.29 is 56.9 Å². The molecule has 0 aliphatic carbocycles. The fraction of sp³-hybridized carbons (Fsp3) is 0.393. The van der Waals surface area contributed by atoms with Crippen LogP contribution in [0.2, 0.25) is 0 Å². The number of anilines is 1. The second-order valence-corrected chi connectivity index (χ2v) is 11.0. The van der Waals surface area contributed by atoms with Crippen molar-refractivity contribution in [1.29, 1.82) is 0 Å². The van der Waals surface area contributed by atoms with E-state index in [1.165, 1.54) is 24.4 Å². The van der Waals surface area contributed by atoms with Crippen LogP contribution in [-0.2, 0) is 53.4 Å². The minimum Gasteiger partial charge on any atom is -0.467 e. The molecule has 0 radical (unpaired) electrons. The number of hydrogen-bond donors (Lipinski definition) is 3. The van der Waals surface area contributed by atoms with Crippen molar-refractivity contribution in [1.82, 2.24) is 14.9 Å². The highest BCUT2D eigenvalue weighted by atomic mass is 31.2. The predicted molar refractivity (Wildman–Crippen MR) is 159 cm³/mol. The first kappa shape index (κ1) is 36.3. The van der Waals surface area contributed by atoms with Gasteiger partial charge in [-0.1, -0.05) is 49.1 Å². The number of methoxy groups -OCH3 is 1. The van der Waals surface area contributed by atoms with Gasteiger partial charge in [-0.3, -0.25) is 18.4 Å². The van der Waals surface area contributed by atoms with E-state index in [-0.39, 0.29) is 37.8 Å². The Kier molecular flexibility index (Phi) is 14.2. The van der Waals surface area contributed by atoms with Crippen molar-refractivity contribution in [3.63, 3.8) is 0 Å². The van der Waals surface area contributed by atoms with Gasteiger partial charge in [0.1, 0.15) is 31.4 Å². The number of alkyl carbamates (subject to hydrolysis) is 1. The fourth-order valence-electron chi connectivity index (χ4n) is 3.89. The number of aliphatic hydroxyl groups is 1. The number of aliphatic hydroxyl groups excluding tert-OH is 1. The highest BCUT2D eigenvalue weighted by Crippen LogP contribution is 2.50. The molecule has 1 saturated heterocycles. The van der Waals surface area contributed by atoms with Crippen molar-refractivity contribution in [3.8, 4) is 0 Å². The monoisotopic (exact) mass is 666 g/mol. The number of rotatable bonds is 18. The third-order valence-electron chi connectivity index (χ3n) is 6.06. The van der Waals surface area contributed by atoms with Crippen LogP contribution < -0.4 is 16.3 Å². The highest BCUT2D eigenvalue weighted by Gasteiger charge is 2.40. The third-order valence-corrected chi connectivity index (χ3v) is 7.27. The van der Waals surface area contributed by atoms with Gasteiger partial charge >= 0.3 is 25.6 Å². The highest BCUT2D eigenvalue weighted by molar-refractivity contribution is 7.48. The number of aromatic nitrogens is 2. The Morgan fingerprint density at radius 2 is 1.91 bits per heavy atom. The molecule has 2 amide bonds. The number of phosphoric acid groups is 1. The van der Waals surface area contributed by atoms with E-state index in [4.69, 9.17) is 28.1 Å². The summed E-state index contributed by atoms with van der Waals surface area (Å²) < 4.78 is 44.8. The molecule has 46 heavy (non-hydrogen) atoms. The second kappa shape index (κ2) is 18.1. The molecule has 1 fully saturated rings. The molecule has 1 aliphatic rings. The van der Waals surface area contributed by atoms with Crippen molar-refractivity contribution in [2.75, 3.05) is 38.9 Å². The van der Waals surface area contributed by atoms with Crippen LogP contribution in [0.25, 0.3) is 0 Å². The molecule has 0 bridgehead atoms. The Balaban J connectivity index is 1.61. The molecule has 18 heteroatoms. The van der Waals surface area contributed by atoms with Crippen LogP contribution in [0, 0.1) is 0 Å². The number of phosphoric ester groups is 1. The van der Waals surface area contributed by atoms with Crippen LogP contribution >= 0.6 is 7.82 Å². The van der Waals surface area contributed by atoms with E-state index in [9.17, 15) is 28.8 Å².